The van der Waals surface area contributed by atoms with Crippen molar-refractivity contribution < 1.29 is 4.42 Å². The van der Waals surface area contributed by atoms with Crippen molar-refractivity contribution in [3.8, 4) is 0 Å². The number of hydrogen-bond acceptors (Lipinski definition) is 2. The standard InChI is InChI=1S/C18H18OS/c1-13-10-18(20-14(13)2)12-17-9-8-16(19-17)11-15-6-4-3-5-7-15/h3-10H,11-12H2,1-2H3. The van der Waals surface area contributed by atoms with Crippen LogP contribution >= 0.6 is 11.3 Å². The molecule has 2 aromatic heterocycles. The first-order valence-corrected chi connectivity index (χ1v) is 7.70. The van der Waals surface area contributed by atoms with E-state index in [4.69, 9.17) is 4.42 Å². The zero-order chi connectivity index (χ0) is 13.9. The van der Waals surface area contributed by atoms with E-state index >= 15 is 0 Å². The van der Waals surface area contributed by atoms with Crippen LogP contribution < -0.4 is 0 Å². The molecule has 0 fully saturated rings. The number of thiophene rings is 1. The highest BCUT2D eigenvalue weighted by Gasteiger charge is 2.07. The van der Waals surface area contributed by atoms with E-state index in [0.717, 1.165) is 24.4 Å². The number of furan rings is 1. The average molecular weight is 282 g/mol. The fraction of sp³-hybridized carbons (Fsp3) is 0.222. The molecule has 0 aliphatic rings. The van der Waals surface area contributed by atoms with Crippen LogP contribution in [-0.2, 0) is 12.8 Å². The second-order valence-corrected chi connectivity index (χ2v) is 6.50. The van der Waals surface area contributed by atoms with Gasteiger partial charge in [-0.2, -0.15) is 0 Å². The molecule has 0 atom stereocenters. The Balaban J connectivity index is 1.70. The Hall–Kier alpha value is -1.80. The van der Waals surface area contributed by atoms with Crippen LogP contribution in [0.15, 0.2) is 52.9 Å². The molecule has 0 unspecified atom stereocenters. The third kappa shape index (κ3) is 3.02. The van der Waals surface area contributed by atoms with Crippen LogP contribution in [0.2, 0.25) is 0 Å². The Bertz CT molecular complexity index is 672. The molecule has 1 aromatic carbocycles. The molecule has 0 saturated carbocycles. The molecule has 0 spiro atoms. The lowest BCUT2D eigenvalue weighted by atomic mass is 10.1. The van der Waals surface area contributed by atoms with Crippen LogP contribution in [0.4, 0.5) is 0 Å². The van der Waals surface area contributed by atoms with Gasteiger partial charge in [0.2, 0.25) is 0 Å². The summed E-state index contributed by atoms with van der Waals surface area (Å²) in [6, 6.07) is 16.9. The Morgan fingerprint density at radius 2 is 1.60 bits per heavy atom. The maximum atomic E-state index is 5.95. The van der Waals surface area contributed by atoms with E-state index in [1.54, 1.807) is 0 Å². The van der Waals surface area contributed by atoms with Gasteiger partial charge in [-0.15, -0.1) is 11.3 Å². The second kappa shape index (κ2) is 5.68. The highest BCUT2D eigenvalue weighted by Crippen LogP contribution is 2.24. The van der Waals surface area contributed by atoms with E-state index < -0.39 is 0 Å². The maximum absolute atomic E-state index is 5.95. The Morgan fingerprint density at radius 1 is 0.900 bits per heavy atom. The largest absolute Gasteiger partial charge is 0.465 e. The van der Waals surface area contributed by atoms with Crippen molar-refractivity contribution in [2.75, 3.05) is 0 Å². The minimum Gasteiger partial charge on any atom is -0.465 e. The molecular weight excluding hydrogens is 264 g/mol. The highest BCUT2D eigenvalue weighted by molar-refractivity contribution is 7.12. The molecule has 1 nitrogen and oxygen atoms in total. The molecule has 3 rings (SSSR count). The smallest absolute Gasteiger partial charge is 0.109 e. The molecule has 102 valence electrons. The SMILES string of the molecule is Cc1cc(Cc2ccc(Cc3ccccc3)o2)sc1C. The number of benzene rings is 1. The predicted molar refractivity (Wildman–Crippen MR) is 84.6 cm³/mol. The van der Waals surface area contributed by atoms with Crippen molar-refractivity contribution in [1.29, 1.82) is 0 Å². The van der Waals surface area contributed by atoms with Gasteiger partial charge in [-0.25, -0.2) is 0 Å². The first kappa shape index (κ1) is 13.2. The van der Waals surface area contributed by atoms with Crippen molar-refractivity contribution in [3.05, 3.63) is 80.9 Å². The second-order valence-electron chi connectivity index (χ2n) is 5.16. The first-order chi connectivity index (χ1) is 9.70. The quantitative estimate of drug-likeness (QED) is 0.646. The third-order valence-electron chi connectivity index (χ3n) is 3.50. The van der Waals surface area contributed by atoms with Gasteiger partial charge in [-0.05, 0) is 43.2 Å². The van der Waals surface area contributed by atoms with Crippen molar-refractivity contribution in [1.82, 2.24) is 0 Å². The van der Waals surface area contributed by atoms with E-state index in [9.17, 15) is 0 Å². The topological polar surface area (TPSA) is 13.1 Å². The summed E-state index contributed by atoms with van der Waals surface area (Å²) in [4.78, 5) is 2.77. The lowest BCUT2D eigenvalue weighted by molar-refractivity contribution is 0.483. The van der Waals surface area contributed by atoms with Gasteiger partial charge in [0.1, 0.15) is 11.5 Å². The highest BCUT2D eigenvalue weighted by atomic mass is 32.1. The number of rotatable bonds is 4. The van der Waals surface area contributed by atoms with E-state index in [1.807, 2.05) is 17.4 Å². The van der Waals surface area contributed by atoms with Crippen LogP contribution in [0.1, 0.15) is 32.4 Å². The fourth-order valence-electron chi connectivity index (χ4n) is 2.32. The normalized spacial score (nSPS) is 10.9. The van der Waals surface area contributed by atoms with E-state index in [-0.39, 0.29) is 0 Å². The molecule has 3 aromatic rings. The Labute approximate surface area is 123 Å². The monoisotopic (exact) mass is 282 g/mol. The predicted octanol–water partition coefficient (Wildman–Crippen LogP) is 5.14. The van der Waals surface area contributed by atoms with Gasteiger partial charge in [0.15, 0.2) is 0 Å². The van der Waals surface area contributed by atoms with E-state index in [0.29, 0.717) is 0 Å². The van der Waals surface area contributed by atoms with Crippen LogP contribution in [0.3, 0.4) is 0 Å². The lowest BCUT2D eigenvalue weighted by Crippen LogP contribution is -1.84. The summed E-state index contributed by atoms with van der Waals surface area (Å²) in [5.41, 5.74) is 2.66. The van der Waals surface area contributed by atoms with Crippen molar-refractivity contribution in [2.24, 2.45) is 0 Å². The van der Waals surface area contributed by atoms with Crippen molar-refractivity contribution >= 4 is 11.3 Å². The Kier molecular flexibility index (Phi) is 3.75. The average Bonchev–Trinajstić information content (AvgIpc) is 2.99. The van der Waals surface area contributed by atoms with Crippen LogP contribution in [0.5, 0.6) is 0 Å². The van der Waals surface area contributed by atoms with E-state index in [1.165, 1.54) is 20.9 Å². The number of hydrogen-bond donors (Lipinski definition) is 0. The molecule has 0 N–H and O–H groups in total. The third-order valence-corrected chi connectivity index (χ3v) is 4.66. The van der Waals surface area contributed by atoms with Crippen LogP contribution in [0, 0.1) is 13.8 Å². The first-order valence-electron chi connectivity index (χ1n) is 6.88. The molecular formula is C18H18OS. The molecule has 0 aliphatic heterocycles. The fourth-order valence-corrected chi connectivity index (χ4v) is 3.38. The maximum Gasteiger partial charge on any atom is 0.109 e. The van der Waals surface area contributed by atoms with E-state index in [2.05, 4.69) is 56.3 Å². The minimum atomic E-state index is 0.864. The molecule has 0 aliphatic carbocycles. The van der Waals surface area contributed by atoms with Gasteiger partial charge in [-0.1, -0.05) is 30.3 Å². The molecule has 2 heterocycles. The van der Waals surface area contributed by atoms with Crippen LogP contribution in [-0.4, -0.2) is 0 Å². The van der Waals surface area contributed by atoms with Gasteiger partial charge in [0.25, 0.3) is 0 Å². The summed E-state index contributed by atoms with van der Waals surface area (Å²) in [6.45, 7) is 4.34. The summed E-state index contributed by atoms with van der Waals surface area (Å²) in [5.74, 6) is 2.09. The van der Waals surface area contributed by atoms with Crippen molar-refractivity contribution in [3.63, 3.8) is 0 Å². The molecule has 0 radical (unpaired) electrons. The summed E-state index contributed by atoms with van der Waals surface area (Å²) in [7, 11) is 0. The molecule has 0 amide bonds. The molecule has 2 heteroatoms. The number of aryl methyl sites for hydroxylation is 2. The summed E-state index contributed by atoms with van der Waals surface area (Å²) >= 11 is 1.86. The zero-order valence-corrected chi connectivity index (χ0v) is 12.7. The van der Waals surface area contributed by atoms with Gasteiger partial charge >= 0.3 is 0 Å². The lowest BCUT2D eigenvalue weighted by Gasteiger charge is -1.98. The van der Waals surface area contributed by atoms with Crippen LogP contribution in [0.25, 0.3) is 0 Å². The minimum absolute atomic E-state index is 0.864. The molecule has 20 heavy (non-hydrogen) atoms. The summed E-state index contributed by atoms with van der Waals surface area (Å²) in [5, 5.41) is 0. The molecule has 0 bridgehead atoms. The Morgan fingerprint density at radius 3 is 2.25 bits per heavy atom. The van der Waals surface area contributed by atoms with Crippen molar-refractivity contribution in [2.45, 2.75) is 26.7 Å². The zero-order valence-electron chi connectivity index (χ0n) is 11.8. The summed E-state index contributed by atoms with van der Waals surface area (Å²) < 4.78 is 5.95. The molecule has 0 saturated heterocycles. The van der Waals surface area contributed by atoms with Gasteiger partial charge in [-0.3, -0.25) is 0 Å². The van der Waals surface area contributed by atoms with Gasteiger partial charge < -0.3 is 4.42 Å². The van der Waals surface area contributed by atoms with Gasteiger partial charge in [0.05, 0.1) is 0 Å². The van der Waals surface area contributed by atoms with Gasteiger partial charge in [0, 0.05) is 22.6 Å². The summed E-state index contributed by atoms with van der Waals surface area (Å²) in [6.07, 6.45) is 1.76.